The second-order valence-corrected chi connectivity index (χ2v) is 9.61. The first-order valence-electron chi connectivity index (χ1n) is 12.9. The summed E-state index contributed by atoms with van der Waals surface area (Å²) in [4.78, 5) is 23.9. The first-order valence-corrected chi connectivity index (χ1v) is 12.9. The molecule has 1 aromatic carbocycles. The molecule has 202 valence electrons. The number of piperidine rings is 1. The normalized spacial score (nSPS) is 13.7. The van der Waals surface area contributed by atoms with Crippen molar-refractivity contribution < 1.29 is 18.3 Å². The largest absolute Gasteiger partial charge is 0.461 e. The summed E-state index contributed by atoms with van der Waals surface area (Å²) in [6.45, 7) is 6.96. The Morgan fingerprint density at radius 1 is 1.23 bits per heavy atom. The Labute approximate surface area is 226 Å². The van der Waals surface area contributed by atoms with Crippen LogP contribution in [0.5, 0.6) is 0 Å². The number of ether oxygens (including phenoxy) is 1. The standard InChI is InChI=1S/C29H30F2N6O2/c1-4-39-29(38)24-14-21(19-5-8-25(34-16-19)37-11-9-18(15-32)10-12-37)26(27(33)17(2)3)28(36-24)35-23-7-6-20(30)13-22(23)31/h5-8,13-14,16-18,33H,4,9-12H2,1-3H3,(H,35,36). The third-order valence-corrected chi connectivity index (χ3v) is 6.60. The van der Waals surface area contributed by atoms with Crippen LogP contribution in [0.3, 0.4) is 0 Å². The average Bonchev–Trinajstić information content (AvgIpc) is 2.94. The highest BCUT2D eigenvalue weighted by atomic mass is 19.1. The van der Waals surface area contributed by atoms with Crippen molar-refractivity contribution in [1.82, 2.24) is 9.97 Å². The topological polar surface area (TPSA) is 115 Å². The molecule has 0 saturated carbocycles. The lowest BCUT2D eigenvalue weighted by Gasteiger charge is -2.30. The van der Waals surface area contributed by atoms with E-state index in [0.717, 1.165) is 43.9 Å². The van der Waals surface area contributed by atoms with Crippen LogP contribution in [0.1, 0.15) is 49.7 Å². The summed E-state index contributed by atoms with van der Waals surface area (Å²) >= 11 is 0. The minimum atomic E-state index is -0.840. The van der Waals surface area contributed by atoms with Crippen molar-refractivity contribution in [3.63, 3.8) is 0 Å². The molecule has 4 rings (SSSR count). The van der Waals surface area contributed by atoms with Crippen LogP contribution in [-0.4, -0.2) is 41.3 Å². The average molecular weight is 533 g/mol. The zero-order chi connectivity index (χ0) is 28.1. The summed E-state index contributed by atoms with van der Waals surface area (Å²) < 4.78 is 33.3. The van der Waals surface area contributed by atoms with Gasteiger partial charge in [-0.05, 0) is 61.6 Å². The monoisotopic (exact) mass is 532 g/mol. The van der Waals surface area contributed by atoms with Gasteiger partial charge in [0.1, 0.15) is 23.3 Å². The molecule has 2 aromatic heterocycles. The Hall–Kier alpha value is -4.39. The van der Waals surface area contributed by atoms with Crippen molar-refractivity contribution >= 4 is 29.0 Å². The minimum absolute atomic E-state index is 0.0279. The van der Waals surface area contributed by atoms with Gasteiger partial charge in [0.25, 0.3) is 0 Å². The number of carbonyl (C=O) groups excluding carboxylic acids is 1. The molecule has 1 fully saturated rings. The second kappa shape index (κ2) is 12.0. The molecule has 1 aliphatic rings. The number of nitriles is 1. The van der Waals surface area contributed by atoms with Gasteiger partial charge in [-0.3, -0.25) is 0 Å². The van der Waals surface area contributed by atoms with E-state index in [1.807, 2.05) is 26.0 Å². The number of aromatic nitrogens is 2. The first kappa shape index (κ1) is 27.6. The summed E-state index contributed by atoms with van der Waals surface area (Å²) in [5, 5.41) is 20.9. The number of benzene rings is 1. The molecule has 8 nitrogen and oxygen atoms in total. The molecule has 3 aromatic rings. The molecule has 0 aliphatic carbocycles. The van der Waals surface area contributed by atoms with Crippen molar-refractivity contribution in [2.75, 3.05) is 29.9 Å². The fraction of sp³-hybridized carbons (Fsp3) is 0.345. The zero-order valence-electron chi connectivity index (χ0n) is 22.1. The Morgan fingerprint density at radius 3 is 2.56 bits per heavy atom. The zero-order valence-corrected chi connectivity index (χ0v) is 22.1. The number of nitrogens with one attached hydrogen (secondary N) is 2. The Morgan fingerprint density at radius 2 is 1.97 bits per heavy atom. The van der Waals surface area contributed by atoms with Gasteiger partial charge >= 0.3 is 5.97 Å². The molecule has 0 spiro atoms. The van der Waals surface area contributed by atoms with Crippen LogP contribution in [0.4, 0.5) is 26.1 Å². The molecule has 10 heteroatoms. The third-order valence-electron chi connectivity index (χ3n) is 6.60. The molecular formula is C29H30F2N6O2. The summed E-state index contributed by atoms with van der Waals surface area (Å²) in [5.74, 6) is -1.58. The Balaban J connectivity index is 1.82. The smallest absolute Gasteiger partial charge is 0.357 e. The maximum absolute atomic E-state index is 14.6. The number of hydrogen-bond acceptors (Lipinski definition) is 8. The lowest BCUT2D eigenvalue weighted by atomic mass is 9.92. The van der Waals surface area contributed by atoms with E-state index in [9.17, 15) is 18.8 Å². The quantitative estimate of drug-likeness (QED) is 0.266. The van der Waals surface area contributed by atoms with Crippen LogP contribution >= 0.6 is 0 Å². The predicted octanol–water partition coefficient (Wildman–Crippen LogP) is 6.11. The lowest BCUT2D eigenvalue weighted by Crippen LogP contribution is -2.33. The first-order chi connectivity index (χ1) is 18.7. The summed E-state index contributed by atoms with van der Waals surface area (Å²) in [5.41, 5.74) is 1.62. The summed E-state index contributed by atoms with van der Waals surface area (Å²) in [6, 6.07) is 10.7. The van der Waals surface area contributed by atoms with Crippen LogP contribution in [0.25, 0.3) is 11.1 Å². The van der Waals surface area contributed by atoms with Gasteiger partial charge in [-0.15, -0.1) is 0 Å². The number of pyridine rings is 2. The van der Waals surface area contributed by atoms with Crippen LogP contribution in [0.15, 0.2) is 42.6 Å². The maximum Gasteiger partial charge on any atom is 0.357 e. The van der Waals surface area contributed by atoms with Crippen LogP contribution < -0.4 is 10.2 Å². The molecule has 39 heavy (non-hydrogen) atoms. The predicted molar refractivity (Wildman–Crippen MR) is 145 cm³/mol. The number of halogens is 2. The SMILES string of the molecule is CCOC(=O)c1cc(-c2ccc(N3CCC(C#N)CC3)nc2)c(C(=N)C(C)C)c(Nc2ccc(F)cc2F)n1. The molecule has 3 heterocycles. The van der Waals surface area contributed by atoms with Crippen LogP contribution in [-0.2, 0) is 4.74 Å². The number of esters is 1. The van der Waals surface area contributed by atoms with E-state index in [1.54, 1.807) is 19.2 Å². The van der Waals surface area contributed by atoms with Gasteiger partial charge in [0.15, 0.2) is 5.69 Å². The lowest BCUT2D eigenvalue weighted by molar-refractivity contribution is 0.0519. The van der Waals surface area contributed by atoms with Crippen LogP contribution in [0, 0.1) is 40.2 Å². The fourth-order valence-corrected chi connectivity index (χ4v) is 4.42. The highest BCUT2D eigenvalue weighted by molar-refractivity contribution is 6.10. The number of rotatable bonds is 8. The number of carbonyl (C=O) groups is 1. The van der Waals surface area contributed by atoms with E-state index in [4.69, 9.17) is 10.1 Å². The molecule has 0 bridgehead atoms. The van der Waals surface area contributed by atoms with Gasteiger partial charge in [-0.25, -0.2) is 23.5 Å². The Kier molecular flexibility index (Phi) is 8.49. The van der Waals surface area contributed by atoms with E-state index < -0.39 is 17.6 Å². The molecule has 1 saturated heterocycles. The van der Waals surface area contributed by atoms with Crippen molar-refractivity contribution in [3.8, 4) is 17.2 Å². The molecule has 1 aliphatic heterocycles. The summed E-state index contributed by atoms with van der Waals surface area (Å²) in [6.07, 6.45) is 3.21. The van der Waals surface area contributed by atoms with Gasteiger partial charge in [0.05, 0.1) is 18.4 Å². The van der Waals surface area contributed by atoms with Gasteiger partial charge < -0.3 is 20.4 Å². The number of hydrogen-bond donors (Lipinski definition) is 2. The van der Waals surface area contributed by atoms with Gasteiger partial charge in [0.2, 0.25) is 0 Å². The molecular weight excluding hydrogens is 502 g/mol. The molecule has 0 unspecified atom stereocenters. The Bertz CT molecular complexity index is 1410. The van der Waals surface area contributed by atoms with E-state index in [-0.39, 0.29) is 41.4 Å². The summed E-state index contributed by atoms with van der Waals surface area (Å²) in [7, 11) is 0. The second-order valence-electron chi connectivity index (χ2n) is 9.61. The molecule has 0 radical (unpaired) electrons. The van der Waals surface area contributed by atoms with Gasteiger partial charge in [-0.2, -0.15) is 5.26 Å². The molecule has 2 N–H and O–H groups in total. The van der Waals surface area contributed by atoms with Crippen LogP contribution in [0.2, 0.25) is 0 Å². The van der Waals surface area contributed by atoms with E-state index in [0.29, 0.717) is 16.7 Å². The number of anilines is 3. The van der Waals surface area contributed by atoms with Gasteiger partial charge in [-0.1, -0.05) is 13.8 Å². The van der Waals surface area contributed by atoms with E-state index in [1.165, 1.54) is 6.07 Å². The van der Waals surface area contributed by atoms with Crippen molar-refractivity contribution in [2.24, 2.45) is 11.8 Å². The van der Waals surface area contributed by atoms with E-state index in [2.05, 4.69) is 26.3 Å². The highest BCUT2D eigenvalue weighted by Gasteiger charge is 2.25. The fourth-order valence-electron chi connectivity index (χ4n) is 4.42. The number of nitrogens with zero attached hydrogens (tertiary/aromatic N) is 4. The van der Waals surface area contributed by atoms with E-state index >= 15 is 0 Å². The molecule has 0 atom stereocenters. The van der Waals surface area contributed by atoms with Crippen molar-refractivity contribution in [2.45, 2.75) is 33.6 Å². The van der Waals surface area contributed by atoms with Gasteiger partial charge in [0, 0.05) is 48.1 Å². The van der Waals surface area contributed by atoms with Crippen molar-refractivity contribution in [3.05, 3.63) is 65.5 Å². The minimum Gasteiger partial charge on any atom is -0.461 e. The highest BCUT2D eigenvalue weighted by Crippen LogP contribution is 2.34. The van der Waals surface area contributed by atoms with Crippen molar-refractivity contribution in [1.29, 1.82) is 10.7 Å². The maximum atomic E-state index is 14.6. The molecule has 0 amide bonds. The third kappa shape index (κ3) is 6.20.